The monoisotopic (exact) mass is 287 g/mol. The molecule has 0 saturated carbocycles. The number of hydrogen-bond acceptors (Lipinski definition) is 6. The van der Waals surface area contributed by atoms with Crippen molar-refractivity contribution in [1.29, 1.82) is 5.26 Å². The molecule has 0 bridgehead atoms. The van der Waals surface area contributed by atoms with Gasteiger partial charge in [-0.2, -0.15) is 5.26 Å². The third-order valence-corrected chi connectivity index (χ3v) is 4.09. The minimum atomic E-state index is -0.620. The highest BCUT2D eigenvalue weighted by Gasteiger charge is 2.21. The Morgan fingerprint density at radius 3 is 2.90 bits per heavy atom. The minimum absolute atomic E-state index is 0.151. The fraction of sp³-hybridized carbons (Fsp3) is 0.154. The predicted molar refractivity (Wildman–Crippen MR) is 78.3 cm³/mol. The van der Waals surface area contributed by atoms with Gasteiger partial charge in [-0.05, 0) is 11.6 Å². The molecule has 4 N–H and O–H groups in total. The van der Waals surface area contributed by atoms with Gasteiger partial charge in [0.05, 0.1) is 5.69 Å². The number of nitrogens with two attached hydrogens (primary N) is 2. The van der Waals surface area contributed by atoms with Crippen LogP contribution in [0.2, 0.25) is 0 Å². The maximum atomic E-state index is 11.3. The Morgan fingerprint density at radius 1 is 1.60 bits per heavy atom. The average Bonchev–Trinajstić information content (AvgIpc) is 2.77. The van der Waals surface area contributed by atoms with E-state index in [0.717, 1.165) is 16.9 Å². The van der Waals surface area contributed by atoms with Gasteiger partial charge in [-0.25, -0.2) is 0 Å². The number of hydrogen-bond donors (Lipinski definition) is 2. The third-order valence-electron chi connectivity index (χ3n) is 2.75. The lowest BCUT2D eigenvalue weighted by Gasteiger charge is -2.17. The van der Waals surface area contributed by atoms with Crippen LogP contribution in [0.3, 0.4) is 0 Å². The molecule has 0 fully saturated rings. The third kappa shape index (κ3) is 2.55. The second-order valence-electron chi connectivity index (χ2n) is 4.22. The molecule has 0 radical (unpaired) electrons. The van der Waals surface area contributed by atoms with E-state index in [9.17, 15) is 10.1 Å². The van der Waals surface area contributed by atoms with Gasteiger partial charge in [0.15, 0.2) is 0 Å². The summed E-state index contributed by atoms with van der Waals surface area (Å²) in [5.74, 6) is -0.620. The zero-order valence-corrected chi connectivity index (χ0v) is 11.6. The molecule has 2 aromatic rings. The van der Waals surface area contributed by atoms with Gasteiger partial charge in [0.1, 0.15) is 21.5 Å². The molecule has 2 heterocycles. The number of aromatic nitrogens is 1. The van der Waals surface area contributed by atoms with E-state index in [-0.39, 0.29) is 16.1 Å². The number of carbonyl (C=O) groups excluding carboxylic acids is 1. The molecular formula is C13H13N5OS. The molecule has 0 saturated heterocycles. The Hall–Kier alpha value is -2.59. The van der Waals surface area contributed by atoms with Gasteiger partial charge >= 0.3 is 0 Å². The van der Waals surface area contributed by atoms with E-state index in [2.05, 4.69) is 4.98 Å². The summed E-state index contributed by atoms with van der Waals surface area (Å²) in [4.78, 5) is 17.4. The highest BCUT2D eigenvalue weighted by atomic mass is 32.1. The van der Waals surface area contributed by atoms with Crippen LogP contribution in [0.1, 0.15) is 20.8 Å². The van der Waals surface area contributed by atoms with Gasteiger partial charge in [0, 0.05) is 26.0 Å². The van der Waals surface area contributed by atoms with Crippen molar-refractivity contribution >= 4 is 27.9 Å². The molecule has 20 heavy (non-hydrogen) atoms. The number of nitrogens with zero attached hydrogens (tertiary/aromatic N) is 3. The quantitative estimate of drug-likeness (QED) is 0.881. The molecule has 0 unspecified atom stereocenters. The van der Waals surface area contributed by atoms with Crippen molar-refractivity contribution in [3.63, 3.8) is 0 Å². The van der Waals surface area contributed by atoms with Crippen molar-refractivity contribution in [1.82, 2.24) is 4.98 Å². The Kier molecular flexibility index (Phi) is 3.86. The topological polar surface area (TPSA) is 109 Å². The van der Waals surface area contributed by atoms with Crippen LogP contribution in [-0.4, -0.2) is 17.9 Å². The van der Waals surface area contributed by atoms with Crippen LogP contribution in [0, 0.1) is 11.3 Å². The van der Waals surface area contributed by atoms with Gasteiger partial charge in [-0.1, -0.05) is 6.07 Å². The lowest BCUT2D eigenvalue weighted by Crippen LogP contribution is -2.16. The first-order valence-electron chi connectivity index (χ1n) is 5.76. The summed E-state index contributed by atoms with van der Waals surface area (Å²) in [5.41, 5.74) is 12.5. The first kappa shape index (κ1) is 13.8. The maximum absolute atomic E-state index is 11.3. The van der Waals surface area contributed by atoms with E-state index >= 15 is 0 Å². The highest BCUT2D eigenvalue weighted by molar-refractivity contribution is 7.19. The van der Waals surface area contributed by atoms with Crippen LogP contribution in [-0.2, 0) is 6.54 Å². The number of nitriles is 1. The summed E-state index contributed by atoms with van der Waals surface area (Å²) in [6.45, 7) is 0.556. The smallest absolute Gasteiger partial charge is 0.261 e. The Balaban J connectivity index is 2.35. The molecule has 0 aliphatic heterocycles. The fourth-order valence-corrected chi connectivity index (χ4v) is 2.81. The van der Waals surface area contributed by atoms with Crippen molar-refractivity contribution in [2.75, 3.05) is 17.7 Å². The molecule has 0 atom stereocenters. The van der Waals surface area contributed by atoms with Crippen molar-refractivity contribution in [3.8, 4) is 6.07 Å². The number of thiophene rings is 1. The van der Waals surface area contributed by atoms with Crippen molar-refractivity contribution in [2.45, 2.75) is 6.54 Å². The molecule has 0 aliphatic rings. The number of nitrogen functional groups attached to an aromatic ring is 1. The first-order chi connectivity index (χ1) is 9.54. The first-order valence-corrected chi connectivity index (χ1v) is 6.58. The van der Waals surface area contributed by atoms with E-state index < -0.39 is 5.91 Å². The summed E-state index contributed by atoms with van der Waals surface area (Å²) in [5, 5.41) is 9.82. The number of pyridine rings is 1. The molecule has 102 valence electrons. The SMILES string of the molecule is CN(Cc1cccnc1)c1sc(C(N)=O)c(N)c1C#N. The van der Waals surface area contributed by atoms with Gasteiger partial charge < -0.3 is 16.4 Å². The van der Waals surface area contributed by atoms with Crippen LogP contribution in [0.25, 0.3) is 0 Å². The summed E-state index contributed by atoms with van der Waals surface area (Å²) >= 11 is 1.13. The summed E-state index contributed by atoms with van der Waals surface area (Å²) < 4.78 is 0. The van der Waals surface area contributed by atoms with Crippen molar-refractivity contribution in [3.05, 3.63) is 40.5 Å². The molecule has 7 heteroatoms. The van der Waals surface area contributed by atoms with E-state index in [0.29, 0.717) is 11.5 Å². The van der Waals surface area contributed by atoms with E-state index in [1.807, 2.05) is 30.1 Å². The predicted octanol–water partition coefficient (Wildman–Crippen LogP) is 1.33. The number of anilines is 2. The number of primary amides is 1. The van der Waals surface area contributed by atoms with E-state index in [4.69, 9.17) is 11.5 Å². The van der Waals surface area contributed by atoms with Crippen molar-refractivity contribution < 1.29 is 4.79 Å². The van der Waals surface area contributed by atoms with Crippen LogP contribution in [0.15, 0.2) is 24.5 Å². The van der Waals surface area contributed by atoms with Crippen LogP contribution < -0.4 is 16.4 Å². The summed E-state index contributed by atoms with van der Waals surface area (Å²) in [6.07, 6.45) is 3.44. The zero-order valence-electron chi connectivity index (χ0n) is 10.8. The van der Waals surface area contributed by atoms with E-state index in [1.165, 1.54) is 0 Å². The Bertz CT molecular complexity index is 674. The zero-order chi connectivity index (χ0) is 14.7. The second-order valence-corrected chi connectivity index (χ2v) is 5.22. The molecule has 6 nitrogen and oxygen atoms in total. The molecular weight excluding hydrogens is 274 g/mol. The summed E-state index contributed by atoms with van der Waals surface area (Å²) in [6, 6.07) is 5.80. The highest BCUT2D eigenvalue weighted by Crippen LogP contribution is 2.37. The number of carbonyl (C=O) groups is 1. The standard InChI is InChI=1S/C13H13N5OS/c1-18(7-8-3-2-4-17-6-8)13-9(5-14)10(15)11(20-13)12(16)19/h2-4,6H,7,15H2,1H3,(H2,16,19). The molecule has 0 spiro atoms. The average molecular weight is 287 g/mol. The fourth-order valence-electron chi connectivity index (χ4n) is 1.83. The maximum Gasteiger partial charge on any atom is 0.261 e. The Morgan fingerprint density at radius 2 is 2.35 bits per heavy atom. The van der Waals surface area contributed by atoms with Gasteiger partial charge in [0.2, 0.25) is 0 Å². The Labute approximate surface area is 120 Å². The van der Waals surface area contributed by atoms with Gasteiger partial charge in [-0.15, -0.1) is 11.3 Å². The van der Waals surface area contributed by atoms with Crippen LogP contribution in [0.5, 0.6) is 0 Å². The lowest BCUT2D eigenvalue weighted by molar-refractivity contribution is 0.100. The molecule has 2 aromatic heterocycles. The lowest BCUT2D eigenvalue weighted by atomic mass is 10.2. The van der Waals surface area contributed by atoms with Gasteiger partial charge in [0.25, 0.3) is 5.91 Å². The molecule has 0 aliphatic carbocycles. The molecule has 0 aromatic carbocycles. The number of amides is 1. The normalized spacial score (nSPS) is 10.0. The summed E-state index contributed by atoms with van der Waals surface area (Å²) in [7, 11) is 1.82. The largest absolute Gasteiger partial charge is 0.396 e. The van der Waals surface area contributed by atoms with Crippen molar-refractivity contribution in [2.24, 2.45) is 5.73 Å². The van der Waals surface area contributed by atoms with Gasteiger partial charge in [-0.3, -0.25) is 9.78 Å². The van der Waals surface area contributed by atoms with Crippen LogP contribution >= 0.6 is 11.3 Å². The molecule has 1 amide bonds. The second kappa shape index (κ2) is 5.59. The molecule has 2 rings (SSSR count). The van der Waals surface area contributed by atoms with E-state index in [1.54, 1.807) is 12.4 Å². The van der Waals surface area contributed by atoms with Crippen LogP contribution in [0.4, 0.5) is 10.7 Å². The number of rotatable bonds is 4. The minimum Gasteiger partial charge on any atom is -0.396 e.